The Morgan fingerprint density at radius 1 is 1.11 bits per heavy atom. The van der Waals surface area contributed by atoms with E-state index in [4.69, 9.17) is 16.6 Å². The minimum atomic E-state index is -0.358. The van der Waals surface area contributed by atoms with Gasteiger partial charge in [-0.25, -0.2) is 0 Å². The number of hydrogen-bond acceptors (Lipinski definition) is 7. The standard InChI is InChI=1S/C26H32ClN7OS/c1-16-17(2)36-26-23(16)24(19-5-7-20(27)8-6-19)29-21(25-31-30-18(3)34(25)26)15-28-22(35)9-10-33-13-11-32(4)12-14-33/h5-8,21H,9-15H2,1-4H3,(H,28,35)/t21-/m0/s1. The summed E-state index contributed by atoms with van der Waals surface area (Å²) in [5, 5.41) is 13.8. The SMILES string of the molecule is Cc1sc2c(c1C)C(c1ccc(Cl)cc1)=N[C@@H](CNC(=O)CCN1CCN(C)CC1)c1nnc(C)n1-2. The fraction of sp³-hybridized carbons (Fsp3) is 0.462. The Morgan fingerprint density at radius 2 is 1.83 bits per heavy atom. The lowest BCUT2D eigenvalue weighted by molar-refractivity contribution is -0.121. The number of nitrogens with zero attached hydrogens (tertiary/aromatic N) is 6. The van der Waals surface area contributed by atoms with Gasteiger partial charge < -0.3 is 15.1 Å². The van der Waals surface area contributed by atoms with Gasteiger partial charge in [0.2, 0.25) is 5.91 Å². The molecule has 1 amide bonds. The van der Waals surface area contributed by atoms with Crippen molar-refractivity contribution < 1.29 is 4.79 Å². The molecule has 8 nitrogen and oxygen atoms in total. The minimum Gasteiger partial charge on any atom is -0.353 e. The van der Waals surface area contributed by atoms with Crippen LogP contribution in [-0.4, -0.2) is 82.5 Å². The number of fused-ring (bicyclic) bond motifs is 3. The molecule has 1 saturated heterocycles. The third-order valence-electron chi connectivity index (χ3n) is 7.10. The molecular weight excluding hydrogens is 494 g/mol. The van der Waals surface area contributed by atoms with Crippen molar-refractivity contribution >= 4 is 34.6 Å². The van der Waals surface area contributed by atoms with Crippen molar-refractivity contribution in [2.24, 2.45) is 4.99 Å². The summed E-state index contributed by atoms with van der Waals surface area (Å²) >= 11 is 7.91. The van der Waals surface area contributed by atoms with E-state index < -0.39 is 0 Å². The first-order valence-corrected chi connectivity index (χ1v) is 13.5. The summed E-state index contributed by atoms with van der Waals surface area (Å²) in [6.07, 6.45) is 0.474. The van der Waals surface area contributed by atoms with Crippen LogP contribution in [0.4, 0.5) is 0 Å². The van der Waals surface area contributed by atoms with Crippen LogP contribution in [0.25, 0.3) is 5.00 Å². The molecule has 2 aliphatic heterocycles. The maximum Gasteiger partial charge on any atom is 0.221 e. The van der Waals surface area contributed by atoms with Crippen molar-refractivity contribution in [3.8, 4) is 5.00 Å². The fourth-order valence-electron chi connectivity index (χ4n) is 4.76. The van der Waals surface area contributed by atoms with Crippen LogP contribution >= 0.6 is 22.9 Å². The van der Waals surface area contributed by atoms with Crippen LogP contribution < -0.4 is 5.32 Å². The van der Waals surface area contributed by atoms with Crippen molar-refractivity contribution in [3.63, 3.8) is 0 Å². The van der Waals surface area contributed by atoms with Gasteiger partial charge in [0.25, 0.3) is 0 Å². The zero-order valence-electron chi connectivity index (χ0n) is 21.2. The molecule has 1 aromatic carbocycles. The van der Waals surface area contributed by atoms with Crippen molar-refractivity contribution in [2.75, 3.05) is 46.3 Å². The molecule has 10 heteroatoms. The van der Waals surface area contributed by atoms with Crippen LogP contribution in [0.2, 0.25) is 5.02 Å². The fourth-order valence-corrected chi connectivity index (χ4v) is 6.10. The lowest BCUT2D eigenvalue weighted by atomic mass is 10.00. The third kappa shape index (κ3) is 4.98. The van der Waals surface area contributed by atoms with Crippen LogP contribution in [0.5, 0.6) is 0 Å². The van der Waals surface area contributed by atoms with Gasteiger partial charge in [-0.1, -0.05) is 23.7 Å². The van der Waals surface area contributed by atoms with Crippen LogP contribution in [0.3, 0.4) is 0 Å². The van der Waals surface area contributed by atoms with E-state index in [9.17, 15) is 4.79 Å². The maximum absolute atomic E-state index is 12.8. The molecule has 2 aromatic heterocycles. The lowest BCUT2D eigenvalue weighted by Crippen LogP contribution is -2.45. The number of aromatic nitrogens is 3. The smallest absolute Gasteiger partial charge is 0.221 e. The van der Waals surface area contributed by atoms with Crippen molar-refractivity contribution in [3.05, 3.63) is 62.5 Å². The van der Waals surface area contributed by atoms with Gasteiger partial charge in [-0.05, 0) is 45.5 Å². The molecule has 0 spiro atoms. The van der Waals surface area contributed by atoms with E-state index >= 15 is 0 Å². The van der Waals surface area contributed by atoms with E-state index in [1.807, 2.05) is 31.2 Å². The van der Waals surface area contributed by atoms with Crippen LogP contribution in [-0.2, 0) is 4.79 Å². The normalized spacial score (nSPS) is 18.4. The van der Waals surface area contributed by atoms with Gasteiger partial charge in [0.05, 0.1) is 5.71 Å². The summed E-state index contributed by atoms with van der Waals surface area (Å²) in [4.78, 5) is 23.9. The molecule has 4 heterocycles. The Balaban J connectivity index is 1.42. The van der Waals surface area contributed by atoms with Crippen molar-refractivity contribution in [2.45, 2.75) is 33.2 Å². The summed E-state index contributed by atoms with van der Waals surface area (Å²) in [6, 6.07) is 7.42. The van der Waals surface area contributed by atoms with E-state index in [0.717, 1.165) is 66.2 Å². The second kappa shape index (κ2) is 10.4. The second-order valence-electron chi connectivity index (χ2n) is 9.60. The van der Waals surface area contributed by atoms with Crippen molar-refractivity contribution in [1.29, 1.82) is 0 Å². The van der Waals surface area contributed by atoms with Crippen molar-refractivity contribution in [1.82, 2.24) is 29.9 Å². The number of nitrogens with one attached hydrogen (secondary N) is 1. The zero-order chi connectivity index (χ0) is 25.4. The number of benzene rings is 1. The number of aliphatic imine (C=N–C) groups is 1. The lowest BCUT2D eigenvalue weighted by Gasteiger charge is -2.32. The molecule has 0 bridgehead atoms. The van der Waals surface area contributed by atoms with Gasteiger partial charge in [0.15, 0.2) is 5.82 Å². The number of carbonyl (C=O) groups excluding carboxylic acids is 1. The maximum atomic E-state index is 12.8. The number of thiophene rings is 1. The molecular formula is C26H32ClN7OS. The molecule has 36 heavy (non-hydrogen) atoms. The van der Waals surface area contributed by atoms with Crippen LogP contribution in [0, 0.1) is 20.8 Å². The molecule has 190 valence electrons. The monoisotopic (exact) mass is 525 g/mol. The topological polar surface area (TPSA) is 78.7 Å². The predicted octanol–water partition coefficient (Wildman–Crippen LogP) is 3.55. The van der Waals surface area contributed by atoms with Crippen LogP contribution in [0.1, 0.15) is 45.7 Å². The molecule has 2 aliphatic rings. The summed E-state index contributed by atoms with van der Waals surface area (Å²) in [5.41, 5.74) is 4.17. The predicted molar refractivity (Wildman–Crippen MR) is 145 cm³/mol. The summed E-state index contributed by atoms with van der Waals surface area (Å²) < 4.78 is 2.10. The van der Waals surface area contributed by atoms with E-state index in [1.54, 1.807) is 11.3 Å². The highest BCUT2D eigenvalue weighted by atomic mass is 35.5. The number of rotatable bonds is 6. The second-order valence-corrected chi connectivity index (χ2v) is 11.2. The third-order valence-corrected chi connectivity index (χ3v) is 8.55. The molecule has 1 fully saturated rings. The molecule has 5 rings (SSSR count). The Bertz CT molecular complexity index is 1290. The summed E-state index contributed by atoms with van der Waals surface area (Å²) in [7, 11) is 2.14. The van der Waals surface area contributed by atoms with Gasteiger partial charge in [-0.3, -0.25) is 14.4 Å². The van der Waals surface area contributed by atoms with E-state index in [1.165, 1.54) is 10.4 Å². The largest absolute Gasteiger partial charge is 0.353 e. The molecule has 1 N–H and O–H groups in total. The Labute approximate surface area is 221 Å². The first-order chi connectivity index (χ1) is 17.3. The molecule has 0 unspecified atom stereocenters. The number of aryl methyl sites for hydroxylation is 2. The van der Waals surface area contributed by atoms with E-state index in [0.29, 0.717) is 18.0 Å². The number of halogens is 1. The first-order valence-electron chi connectivity index (χ1n) is 12.4. The minimum absolute atomic E-state index is 0.0333. The average molecular weight is 526 g/mol. The van der Waals surface area contributed by atoms with E-state index in [2.05, 4.69) is 50.8 Å². The number of carbonyl (C=O) groups is 1. The Hall–Kier alpha value is -2.59. The molecule has 3 aromatic rings. The number of amides is 1. The highest BCUT2D eigenvalue weighted by molar-refractivity contribution is 7.15. The van der Waals surface area contributed by atoms with Gasteiger partial charge in [-0.2, -0.15) is 0 Å². The Morgan fingerprint density at radius 3 is 2.56 bits per heavy atom. The molecule has 1 atom stereocenters. The van der Waals surface area contributed by atoms with Gasteiger partial charge in [0, 0.05) is 66.7 Å². The number of piperazine rings is 1. The summed E-state index contributed by atoms with van der Waals surface area (Å²) in [6.45, 7) is 11.5. The van der Waals surface area contributed by atoms with Gasteiger partial charge >= 0.3 is 0 Å². The van der Waals surface area contributed by atoms with Gasteiger partial charge in [-0.15, -0.1) is 21.5 Å². The van der Waals surface area contributed by atoms with Crippen LogP contribution in [0.15, 0.2) is 29.3 Å². The van der Waals surface area contributed by atoms with Gasteiger partial charge in [0.1, 0.15) is 16.9 Å². The number of hydrogen-bond donors (Lipinski definition) is 1. The number of likely N-dealkylation sites (N-methyl/N-ethyl adjacent to an activating group) is 1. The zero-order valence-corrected chi connectivity index (χ0v) is 22.8. The highest BCUT2D eigenvalue weighted by Crippen LogP contribution is 2.38. The van der Waals surface area contributed by atoms with E-state index in [-0.39, 0.29) is 11.9 Å². The molecule has 0 saturated carbocycles. The highest BCUT2D eigenvalue weighted by Gasteiger charge is 2.31. The first kappa shape index (κ1) is 25.1. The Kier molecular flexibility index (Phi) is 7.25. The molecule has 0 radical (unpaired) electrons. The average Bonchev–Trinajstić information content (AvgIpc) is 3.34. The quantitative estimate of drug-likeness (QED) is 0.532. The molecule has 0 aliphatic carbocycles. The summed E-state index contributed by atoms with van der Waals surface area (Å²) in [5.74, 6) is 1.59.